The number of hydrogen-bond acceptors (Lipinski definition) is 7. The number of nitrogens with zero attached hydrogens (tertiary/aromatic N) is 5. The maximum absolute atomic E-state index is 12.9. The first-order valence-electron chi connectivity index (χ1n) is 8.26. The van der Waals surface area contributed by atoms with Crippen molar-refractivity contribution in [1.82, 2.24) is 24.4 Å². The molecule has 138 valence electrons. The smallest absolute Gasteiger partial charge is 0.280 e. The van der Waals surface area contributed by atoms with Crippen LogP contribution >= 0.6 is 11.8 Å². The molecule has 0 radical (unpaired) electrons. The van der Waals surface area contributed by atoms with E-state index in [2.05, 4.69) is 32.0 Å². The minimum Gasteiger partial charge on any atom is -0.369 e. The summed E-state index contributed by atoms with van der Waals surface area (Å²) in [6.07, 6.45) is 0. The highest BCUT2D eigenvalue weighted by molar-refractivity contribution is 7.99. The van der Waals surface area contributed by atoms with E-state index in [4.69, 9.17) is 5.73 Å². The standard InChI is InChI=1S/C16H21N7O2S/c1-3-4-7-23-12-13(19-15(23)22-8-5-18-6-9-22)20-16(21(2)14(12)25)26-10-11(17)24/h18H,5-10H2,1-2H3,(H2,17,24). The summed E-state index contributed by atoms with van der Waals surface area (Å²) in [5.74, 6) is 6.17. The van der Waals surface area contributed by atoms with E-state index in [-0.39, 0.29) is 11.3 Å². The van der Waals surface area contributed by atoms with E-state index in [9.17, 15) is 9.59 Å². The fourth-order valence-electron chi connectivity index (χ4n) is 2.81. The van der Waals surface area contributed by atoms with Crippen LogP contribution in [-0.4, -0.2) is 56.9 Å². The zero-order valence-electron chi connectivity index (χ0n) is 14.8. The predicted molar refractivity (Wildman–Crippen MR) is 101 cm³/mol. The van der Waals surface area contributed by atoms with Gasteiger partial charge in [-0.2, -0.15) is 4.98 Å². The van der Waals surface area contributed by atoms with Crippen molar-refractivity contribution in [3.8, 4) is 11.8 Å². The molecule has 1 amide bonds. The molecule has 0 atom stereocenters. The number of carbonyl (C=O) groups is 1. The normalized spacial score (nSPS) is 14.3. The largest absolute Gasteiger partial charge is 0.369 e. The molecule has 2 aromatic rings. The van der Waals surface area contributed by atoms with E-state index in [1.807, 2.05) is 4.57 Å². The van der Waals surface area contributed by atoms with Crippen molar-refractivity contribution in [3.63, 3.8) is 0 Å². The van der Waals surface area contributed by atoms with Gasteiger partial charge in [-0.3, -0.25) is 18.7 Å². The van der Waals surface area contributed by atoms with Crippen LogP contribution in [0.1, 0.15) is 6.92 Å². The fraction of sp³-hybridized carbons (Fsp3) is 0.500. The van der Waals surface area contributed by atoms with Crippen LogP contribution in [0.4, 0.5) is 5.95 Å². The Kier molecular flexibility index (Phi) is 5.49. The number of fused-ring (bicyclic) bond motifs is 1. The molecule has 3 heterocycles. The summed E-state index contributed by atoms with van der Waals surface area (Å²) in [6.45, 7) is 5.44. The highest BCUT2D eigenvalue weighted by Gasteiger charge is 2.23. The van der Waals surface area contributed by atoms with Crippen molar-refractivity contribution in [2.24, 2.45) is 12.8 Å². The van der Waals surface area contributed by atoms with Crippen molar-refractivity contribution in [2.75, 3.05) is 36.8 Å². The van der Waals surface area contributed by atoms with E-state index in [0.717, 1.165) is 37.9 Å². The lowest BCUT2D eigenvalue weighted by Gasteiger charge is -2.28. The van der Waals surface area contributed by atoms with Gasteiger partial charge in [0.05, 0.1) is 12.3 Å². The van der Waals surface area contributed by atoms with E-state index in [1.165, 1.54) is 4.57 Å². The molecule has 9 nitrogen and oxygen atoms in total. The number of piperazine rings is 1. The quantitative estimate of drug-likeness (QED) is 0.397. The number of primary amides is 1. The molecule has 1 aliphatic heterocycles. The number of amides is 1. The number of hydrogen-bond donors (Lipinski definition) is 2. The molecule has 0 unspecified atom stereocenters. The zero-order valence-corrected chi connectivity index (χ0v) is 15.6. The Bertz CT molecular complexity index is 947. The molecule has 10 heteroatoms. The first-order valence-corrected chi connectivity index (χ1v) is 9.25. The molecule has 1 fully saturated rings. The van der Waals surface area contributed by atoms with Gasteiger partial charge in [-0.25, -0.2) is 4.98 Å². The second-order valence-corrected chi connectivity index (χ2v) is 6.79. The number of nitrogens with two attached hydrogens (primary N) is 1. The number of aromatic nitrogens is 4. The molecule has 1 saturated heterocycles. The molecule has 26 heavy (non-hydrogen) atoms. The van der Waals surface area contributed by atoms with Gasteiger partial charge in [-0.15, -0.1) is 5.92 Å². The molecule has 1 aliphatic rings. The Balaban J connectivity index is 2.14. The van der Waals surface area contributed by atoms with Gasteiger partial charge in [0.15, 0.2) is 16.3 Å². The monoisotopic (exact) mass is 375 g/mol. The lowest BCUT2D eigenvalue weighted by atomic mass is 10.4. The highest BCUT2D eigenvalue weighted by atomic mass is 32.2. The molecule has 0 spiro atoms. The topological polar surface area (TPSA) is 111 Å². The molecule has 0 saturated carbocycles. The number of anilines is 1. The van der Waals surface area contributed by atoms with Crippen LogP contribution in [0.25, 0.3) is 11.2 Å². The van der Waals surface area contributed by atoms with Gasteiger partial charge in [-0.1, -0.05) is 17.7 Å². The molecular weight excluding hydrogens is 354 g/mol. The summed E-state index contributed by atoms with van der Waals surface area (Å²) < 4.78 is 3.25. The summed E-state index contributed by atoms with van der Waals surface area (Å²) in [5.41, 5.74) is 5.78. The molecule has 3 N–H and O–H groups in total. The van der Waals surface area contributed by atoms with Gasteiger partial charge >= 0.3 is 0 Å². The molecule has 0 aliphatic carbocycles. The van der Waals surface area contributed by atoms with Gasteiger partial charge in [-0.05, 0) is 6.92 Å². The molecule has 3 rings (SSSR count). The zero-order chi connectivity index (χ0) is 18.7. The summed E-state index contributed by atoms with van der Waals surface area (Å²) in [6, 6.07) is 0. The van der Waals surface area contributed by atoms with E-state index in [1.54, 1.807) is 14.0 Å². The SMILES string of the molecule is CC#CCn1c(N2CCNCC2)nc2nc(SCC(N)=O)n(C)c(=O)c21. The second kappa shape index (κ2) is 7.80. The van der Waals surface area contributed by atoms with E-state index < -0.39 is 5.91 Å². The highest BCUT2D eigenvalue weighted by Crippen LogP contribution is 2.22. The van der Waals surface area contributed by atoms with Gasteiger partial charge in [0.2, 0.25) is 11.9 Å². The van der Waals surface area contributed by atoms with Crippen LogP contribution in [0.3, 0.4) is 0 Å². The number of thioether (sulfide) groups is 1. The van der Waals surface area contributed by atoms with E-state index >= 15 is 0 Å². The summed E-state index contributed by atoms with van der Waals surface area (Å²) in [4.78, 5) is 35.2. The lowest BCUT2D eigenvalue weighted by molar-refractivity contribution is -0.115. The maximum atomic E-state index is 12.9. The molecule has 0 aromatic carbocycles. The number of rotatable bonds is 5. The van der Waals surface area contributed by atoms with E-state index in [0.29, 0.717) is 28.8 Å². The fourth-order valence-corrected chi connectivity index (χ4v) is 3.51. The first-order chi connectivity index (χ1) is 12.5. The lowest BCUT2D eigenvalue weighted by Crippen LogP contribution is -2.44. The van der Waals surface area contributed by atoms with Crippen molar-refractivity contribution in [1.29, 1.82) is 0 Å². The number of nitrogens with one attached hydrogen (secondary N) is 1. The average Bonchev–Trinajstić information content (AvgIpc) is 3.00. The van der Waals surface area contributed by atoms with Crippen LogP contribution in [0.5, 0.6) is 0 Å². The Morgan fingerprint density at radius 1 is 1.35 bits per heavy atom. The van der Waals surface area contributed by atoms with Crippen LogP contribution in [0, 0.1) is 11.8 Å². The summed E-state index contributed by atoms with van der Waals surface area (Å²) >= 11 is 1.13. The third-order valence-corrected chi connectivity index (χ3v) is 5.13. The minimum atomic E-state index is -0.463. The third-order valence-electron chi connectivity index (χ3n) is 4.08. The summed E-state index contributed by atoms with van der Waals surface area (Å²) in [5, 5.41) is 3.72. The predicted octanol–water partition coefficient (Wildman–Crippen LogP) is -0.860. The average molecular weight is 375 g/mol. The number of carbonyl (C=O) groups excluding carboxylic acids is 1. The van der Waals surface area contributed by atoms with Gasteiger partial charge in [0.1, 0.15) is 0 Å². The van der Waals surface area contributed by atoms with Gasteiger partial charge in [0, 0.05) is 33.2 Å². The third kappa shape index (κ3) is 3.54. The van der Waals surface area contributed by atoms with Crippen LogP contribution in [-0.2, 0) is 18.4 Å². The maximum Gasteiger partial charge on any atom is 0.280 e. The van der Waals surface area contributed by atoms with Crippen molar-refractivity contribution >= 4 is 34.8 Å². The van der Waals surface area contributed by atoms with Gasteiger partial charge in [0.25, 0.3) is 5.56 Å². The first kappa shape index (κ1) is 18.3. The van der Waals surface area contributed by atoms with Crippen molar-refractivity contribution < 1.29 is 4.79 Å². The van der Waals surface area contributed by atoms with Crippen LogP contribution < -0.4 is 21.5 Å². The second-order valence-electron chi connectivity index (χ2n) is 5.85. The Morgan fingerprint density at radius 2 is 2.08 bits per heavy atom. The minimum absolute atomic E-state index is 0.0540. The molecular formula is C16H21N7O2S. The molecule has 2 aromatic heterocycles. The van der Waals surface area contributed by atoms with Crippen LogP contribution in [0.15, 0.2) is 9.95 Å². The Labute approximate surface area is 155 Å². The van der Waals surface area contributed by atoms with Crippen molar-refractivity contribution in [3.05, 3.63) is 10.4 Å². The van der Waals surface area contributed by atoms with Crippen molar-refractivity contribution in [2.45, 2.75) is 18.6 Å². The summed E-state index contributed by atoms with van der Waals surface area (Å²) in [7, 11) is 1.63. The molecule has 0 bridgehead atoms. The van der Waals surface area contributed by atoms with Crippen LogP contribution in [0.2, 0.25) is 0 Å². The van der Waals surface area contributed by atoms with Gasteiger partial charge < -0.3 is 16.0 Å². The number of imidazole rings is 1. The Morgan fingerprint density at radius 3 is 2.73 bits per heavy atom. The Hall–Kier alpha value is -2.51.